The lowest BCUT2D eigenvalue weighted by molar-refractivity contribution is -0.200. The topological polar surface area (TPSA) is 38.8 Å². The summed E-state index contributed by atoms with van der Waals surface area (Å²) in [5.41, 5.74) is 0.887. The molecule has 0 aromatic heterocycles. The van der Waals surface area contributed by atoms with Crippen LogP contribution in [0.15, 0.2) is 48.5 Å². The van der Waals surface area contributed by atoms with E-state index in [1.165, 1.54) is 29.2 Å². The first-order valence-corrected chi connectivity index (χ1v) is 8.77. The van der Waals surface area contributed by atoms with Crippen LogP contribution < -0.4 is 4.74 Å². The zero-order chi connectivity index (χ0) is 20.1. The summed E-state index contributed by atoms with van der Waals surface area (Å²) in [6.07, 6.45) is -4.19. The predicted octanol–water partition coefficient (Wildman–Crippen LogP) is 4.34. The molecule has 1 fully saturated rings. The van der Waals surface area contributed by atoms with E-state index in [2.05, 4.69) is 0 Å². The molecule has 1 aliphatic heterocycles. The van der Waals surface area contributed by atoms with Crippen molar-refractivity contribution in [3.8, 4) is 11.5 Å². The average Bonchev–Trinajstić information content (AvgIpc) is 2.60. The van der Waals surface area contributed by atoms with E-state index in [-0.39, 0.29) is 31.2 Å². The third-order valence-corrected chi connectivity index (χ3v) is 4.26. The van der Waals surface area contributed by atoms with E-state index < -0.39 is 18.9 Å². The number of hydrogen-bond donors (Lipinski definition) is 0. The molecule has 3 rings (SSSR count). The maximum Gasteiger partial charge on any atom is 0.411 e. The third kappa shape index (κ3) is 5.95. The molecule has 4 nitrogen and oxygen atoms in total. The molecule has 0 bridgehead atoms. The van der Waals surface area contributed by atoms with Crippen molar-refractivity contribution in [3.05, 3.63) is 59.9 Å². The summed E-state index contributed by atoms with van der Waals surface area (Å²) in [4.78, 5) is 13.6. The minimum Gasteiger partial charge on any atom is -0.457 e. The van der Waals surface area contributed by atoms with Gasteiger partial charge in [-0.05, 0) is 48.4 Å². The molecule has 2 aromatic rings. The van der Waals surface area contributed by atoms with Crippen LogP contribution in [0.3, 0.4) is 0 Å². The summed E-state index contributed by atoms with van der Waals surface area (Å²) in [5, 5.41) is 0. The van der Waals surface area contributed by atoms with Crippen LogP contribution in [-0.4, -0.2) is 42.8 Å². The molecule has 1 heterocycles. The first-order chi connectivity index (χ1) is 13.3. The van der Waals surface area contributed by atoms with E-state index in [9.17, 15) is 22.4 Å². The van der Waals surface area contributed by atoms with Crippen molar-refractivity contribution >= 4 is 5.91 Å². The summed E-state index contributed by atoms with van der Waals surface area (Å²) in [5.74, 6) is 0.592. The van der Waals surface area contributed by atoms with E-state index >= 15 is 0 Å². The third-order valence-electron chi connectivity index (χ3n) is 4.26. The SMILES string of the molecule is O=C(CCc1cccc(Oc2ccc(F)cc2)c1)N1CC(OCC(F)(F)F)C1. The smallest absolute Gasteiger partial charge is 0.411 e. The Bertz CT molecular complexity index is 802. The molecule has 1 saturated heterocycles. The van der Waals surface area contributed by atoms with Gasteiger partial charge in [-0.3, -0.25) is 4.79 Å². The van der Waals surface area contributed by atoms with Crippen LogP contribution in [0, 0.1) is 5.82 Å². The van der Waals surface area contributed by atoms with Crippen molar-refractivity contribution in [1.29, 1.82) is 0 Å². The van der Waals surface area contributed by atoms with Gasteiger partial charge in [-0.2, -0.15) is 13.2 Å². The largest absolute Gasteiger partial charge is 0.457 e. The number of nitrogens with zero attached hydrogens (tertiary/aromatic N) is 1. The minimum atomic E-state index is -4.36. The van der Waals surface area contributed by atoms with Crippen molar-refractivity contribution in [2.75, 3.05) is 19.7 Å². The molecule has 150 valence electrons. The number of aryl methyl sites for hydroxylation is 1. The number of amides is 1. The lowest BCUT2D eigenvalue weighted by Crippen LogP contribution is -2.55. The van der Waals surface area contributed by atoms with Crippen LogP contribution in [0.2, 0.25) is 0 Å². The molecular formula is C20H19F4NO3. The minimum absolute atomic E-state index is 0.128. The van der Waals surface area contributed by atoms with E-state index in [0.29, 0.717) is 17.9 Å². The first kappa shape index (κ1) is 20.1. The van der Waals surface area contributed by atoms with E-state index in [0.717, 1.165) is 5.56 Å². The maximum atomic E-state index is 12.9. The van der Waals surface area contributed by atoms with Gasteiger partial charge in [0.1, 0.15) is 23.9 Å². The highest BCUT2D eigenvalue weighted by Crippen LogP contribution is 2.24. The van der Waals surface area contributed by atoms with Crippen molar-refractivity contribution in [2.45, 2.75) is 25.1 Å². The Labute approximate surface area is 159 Å². The maximum absolute atomic E-state index is 12.9. The van der Waals surface area contributed by atoms with E-state index in [1.54, 1.807) is 18.2 Å². The predicted molar refractivity (Wildman–Crippen MR) is 93.6 cm³/mol. The van der Waals surface area contributed by atoms with Crippen molar-refractivity contribution < 1.29 is 31.8 Å². The number of halogens is 4. The lowest BCUT2D eigenvalue weighted by Gasteiger charge is -2.39. The van der Waals surface area contributed by atoms with E-state index in [1.807, 2.05) is 6.07 Å². The lowest BCUT2D eigenvalue weighted by atomic mass is 10.1. The summed E-state index contributed by atoms with van der Waals surface area (Å²) >= 11 is 0. The number of hydrogen-bond acceptors (Lipinski definition) is 3. The van der Waals surface area contributed by atoms with E-state index in [4.69, 9.17) is 9.47 Å². The Morgan fingerprint density at radius 1 is 1.07 bits per heavy atom. The monoisotopic (exact) mass is 397 g/mol. The second-order valence-electron chi connectivity index (χ2n) is 6.55. The fraction of sp³-hybridized carbons (Fsp3) is 0.350. The van der Waals surface area contributed by atoms with Gasteiger partial charge in [0.25, 0.3) is 0 Å². The van der Waals surface area contributed by atoms with Gasteiger partial charge in [-0.1, -0.05) is 12.1 Å². The summed E-state index contributed by atoms with van der Waals surface area (Å²) in [6.45, 7) is -0.925. The molecule has 0 N–H and O–H groups in total. The van der Waals surface area contributed by atoms with Gasteiger partial charge >= 0.3 is 6.18 Å². The molecule has 1 amide bonds. The standard InChI is InChI=1S/C20H19F4NO3/c21-15-5-7-16(8-6-15)28-17-3-1-2-14(10-17)4-9-19(26)25-11-18(12-25)27-13-20(22,23)24/h1-3,5-8,10,18H,4,9,11-13H2. The highest BCUT2D eigenvalue weighted by atomic mass is 19.4. The van der Waals surface area contributed by atoms with Gasteiger partial charge in [0.2, 0.25) is 5.91 Å². The Morgan fingerprint density at radius 3 is 2.46 bits per heavy atom. The molecule has 0 aliphatic carbocycles. The number of rotatable bonds is 7. The van der Waals surface area contributed by atoms with Crippen LogP contribution >= 0.6 is 0 Å². The van der Waals surface area contributed by atoms with Crippen LogP contribution in [0.4, 0.5) is 17.6 Å². The summed E-state index contributed by atoms with van der Waals surface area (Å²) < 4.78 is 59.6. The molecule has 0 radical (unpaired) electrons. The molecule has 8 heteroatoms. The molecule has 2 aromatic carbocycles. The number of carbonyl (C=O) groups is 1. The average molecular weight is 397 g/mol. The molecular weight excluding hydrogens is 378 g/mol. The van der Waals surface area contributed by atoms with Crippen LogP contribution in [0.1, 0.15) is 12.0 Å². The quantitative estimate of drug-likeness (QED) is 0.653. The summed E-state index contributed by atoms with van der Waals surface area (Å²) in [6, 6.07) is 12.8. The number of ether oxygens (including phenoxy) is 2. The number of alkyl halides is 3. The number of benzene rings is 2. The van der Waals surface area contributed by atoms with Gasteiger partial charge in [-0.25, -0.2) is 4.39 Å². The van der Waals surface area contributed by atoms with Crippen molar-refractivity contribution in [1.82, 2.24) is 4.90 Å². The second-order valence-corrected chi connectivity index (χ2v) is 6.55. The van der Waals surface area contributed by atoms with Crippen molar-refractivity contribution in [3.63, 3.8) is 0 Å². The van der Waals surface area contributed by atoms with Gasteiger partial charge in [0.05, 0.1) is 6.10 Å². The zero-order valence-electron chi connectivity index (χ0n) is 14.9. The fourth-order valence-corrected chi connectivity index (χ4v) is 2.77. The molecule has 0 saturated carbocycles. The second kappa shape index (κ2) is 8.60. The summed E-state index contributed by atoms with van der Waals surface area (Å²) in [7, 11) is 0. The molecule has 0 spiro atoms. The molecule has 1 aliphatic rings. The molecule has 28 heavy (non-hydrogen) atoms. The van der Waals surface area contributed by atoms with Gasteiger partial charge in [0.15, 0.2) is 0 Å². The van der Waals surface area contributed by atoms with Gasteiger partial charge < -0.3 is 14.4 Å². The fourth-order valence-electron chi connectivity index (χ4n) is 2.77. The Balaban J connectivity index is 1.44. The van der Waals surface area contributed by atoms with Crippen LogP contribution in [0.5, 0.6) is 11.5 Å². The van der Waals surface area contributed by atoms with Crippen LogP contribution in [-0.2, 0) is 16.0 Å². The number of carbonyl (C=O) groups excluding carboxylic acids is 1. The normalized spacial score (nSPS) is 14.6. The first-order valence-electron chi connectivity index (χ1n) is 8.77. The Kier molecular flexibility index (Phi) is 6.18. The van der Waals surface area contributed by atoms with Crippen LogP contribution in [0.25, 0.3) is 0 Å². The Hall–Kier alpha value is -2.61. The molecule has 0 atom stereocenters. The highest BCUT2D eigenvalue weighted by Gasteiger charge is 2.35. The number of likely N-dealkylation sites (tertiary alicyclic amines) is 1. The Morgan fingerprint density at radius 2 is 1.79 bits per heavy atom. The highest BCUT2D eigenvalue weighted by molar-refractivity contribution is 5.77. The molecule has 0 unspecified atom stereocenters. The zero-order valence-corrected chi connectivity index (χ0v) is 14.9. The van der Waals surface area contributed by atoms with Crippen molar-refractivity contribution in [2.24, 2.45) is 0 Å². The van der Waals surface area contributed by atoms with Gasteiger partial charge in [0, 0.05) is 19.5 Å². The van der Waals surface area contributed by atoms with Gasteiger partial charge in [-0.15, -0.1) is 0 Å².